The van der Waals surface area contributed by atoms with Crippen LogP contribution >= 0.6 is 0 Å². The molecular formula is C29H34N2O4. The number of pyridine rings is 1. The molecule has 2 heterocycles. The number of piperidine rings is 1. The van der Waals surface area contributed by atoms with Gasteiger partial charge in [-0.25, -0.2) is 0 Å². The Hall–Kier alpha value is -3.11. The van der Waals surface area contributed by atoms with Gasteiger partial charge in [0.2, 0.25) is 0 Å². The Morgan fingerprint density at radius 1 is 1.06 bits per heavy atom. The highest BCUT2D eigenvalue weighted by Crippen LogP contribution is 2.33. The average Bonchev–Trinajstić information content (AvgIpc) is 2.91. The Kier molecular flexibility index (Phi) is 8.59. The zero-order chi connectivity index (χ0) is 24.6. The summed E-state index contributed by atoms with van der Waals surface area (Å²) in [5, 5.41) is 22.0. The smallest absolute Gasteiger partial charge is 0.119 e. The van der Waals surface area contributed by atoms with Gasteiger partial charge >= 0.3 is 0 Å². The lowest BCUT2D eigenvalue weighted by atomic mass is 9.81. The summed E-state index contributed by atoms with van der Waals surface area (Å²) >= 11 is 0. The number of methoxy groups -OCH3 is 2. The molecule has 6 nitrogen and oxygen atoms in total. The van der Waals surface area contributed by atoms with Gasteiger partial charge in [0.15, 0.2) is 0 Å². The summed E-state index contributed by atoms with van der Waals surface area (Å²) in [6.45, 7) is 2.61. The molecule has 35 heavy (non-hydrogen) atoms. The van der Waals surface area contributed by atoms with Crippen LogP contribution in [0.2, 0.25) is 0 Å². The molecule has 0 amide bonds. The van der Waals surface area contributed by atoms with E-state index >= 15 is 0 Å². The molecule has 3 atom stereocenters. The van der Waals surface area contributed by atoms with Crippen molar-refractivity contribution >= 4 is 10.9 Å². The summed E-state index contributed by atoms with van der Waals surface area (Å²) in [4.78, 5) is 6.73. The van der Waals surface area contributed by atoms with Gasteiger partial charge in [-0.15, -0.1) is 0 Å². The molecule has 0 bridgehead atoms. The molecular weight excluding hydrogens is 440 g/mol. The second kappa shape index (κ2) is 12.0. The molecule has 1 fully saturated rings. The molecule has 1 aromatic heterocycles. The third kappa shape index (κ3) is 6.32. The first-order chi connectivity index (χ1) is 17.1. The number of hydrogen-bond donors (Lipinski definition) is 2. The minimum absolute atomic E-state index is 0.151. The summed E-state index contributed by atoms with van der Waals surface area (Å²) < 4.78 is 10.5. The van der Waals surface area contributed by atoms with Crippen molar-refractivity contribution in [2.75, 3.05) is 40.5 Å². The van der Waals surface area contributed by atoms with Crippen molar-refractivity contribution in [3.05, 3.63) is 65.9 Å². The van der Waals surface area contributed by atoms with E-state index in [0.717, 1.165) is 59.5 Å². The quantitative estimate of drug-likeness (QED) is 0.480. The van der Waals surface area contributed by atoms with E-state index in [9.17, 15) is 10.2 Å². The van der Waals surface area contributed by atoms with Gasteiger partial charge in [0.1, 0.15) is 11.5 Å². The molecule has 6 heteroatoms. The van der Waals surface area contributed by atoms with Crippen LogP contribution in [-0.2, 0) is 0 Å². The molecule has 184 valence electrons. The molecule has 0 unspecified atom stereocenters. The molecule has 0 radical (unpaired) electrons. The SMILES string of the molecule is COc1ccc(C#CCN2CC[C@@H](CC[C@H](O)c3ccnc4ccc(OC)cc34)[C@@H](CO)C2)cc1. The first-order valence-electron chi connectivity index (χ1n) is 12.2. The summed E-state index contributed by atoms with van der Waals surface area (Å²) in [5.74, 6) is 8.62. The number of ether oxygens (including phenoxy) is 2. The summed E-state index contributed by atoms with van der Waals surface area (Å²) in [6.07, 6.45) is 3.67. The monoisotopic (exact) mass is 474 g/mol. The maximum absolute atomic E-state index is 11.0. The predicted molar refractivity (Wildman–Crippen MR) is 137 cm³/mol. The zero-order valence-electron chi connectivity index (χ0n) is 20.5. The summed E-state index contributed by atoms with van der Waals surface area (Å²) in [7, 11) is 3.29. The van der Waals surface area contributed by atoms with Crippen molar-refractivity contribution in [2.45, 2.75) is 25.4 Å². The molecule has 0 aliphatic carbocycles. The zero-order valence-corrected chi connectivity index (χ0v) is 20.5. The van der Waals surface area contributed by atoms with Crippen LogP contribution < -0.4 is 9.47 Å². The van der Waals surface area contributed by atoms with E-state index in [0.29, 0.717) is 18.9 Å². The number of fused-ring (bicyclic) bond motifs is 1. The number of benzene rings is 2. The van der Waals surface area contributed by atoms with E-state index < -0.39 is 6.10 Å². The Balaban J connectivity index is 1.32. The van der Waals surface area contributed by atoms with Crippen molar-refractivity contribution < 1.29 is 19.7 Å². The van der Waals surface area contributed by atoms with Crippen LogP contribution in [0.1, 0.15) is 36.5 Å². The summed E-state index contributed by atoms with van der Waals surface area (Å²) in [5.41, 5.74) is 2.69. The number of likely N-dealkylation sites (tertiary alicyclic amines) is 1. The van der Waals surface area contributed by atoms with Gasteiger partial charge in [0.25, 0.3) is 0 Å². The second-order valence-electron chi connectivity index (χ2n) is 9.13. The topological polar surface area (TPSA) is 75.1 Å². The largest absolute Gasteiger partial charge is 0.497 e. The van der Waals surface area contributed by atoms with Crippen LogP contribution in [0.5, 0.6) is 11.5 Å². The first-order valence-corrected chi connectivity index (χ1v) is 12.2. The number of aromatic nitrogens is 1. The van der Waals surface area contributed by atoms with Crippen molar-refractivity contribution in [3.63, 3.8) is 0 Å². The second-order valence-corrected chi connectivity index (χ2v) is 9.13. The van der Waals surface area contributed by atoms with Gasteiger partial charge in [-0.1, -0.05) is 11.8 Å². The molecule has 3 aromatic rings. The van der Waals surface area contributed by atoms with Gasteiger partial charge in [-0.05, 0) is 91.7 Å². The fourth-order valence-corrected chi connectivity index (χ4v) is 4.91. The molecule has 4 rings (SSSR count). The highest BCUT2D eigenvalue weighted by Gasteiger charge is 2.29. The minimum Gasteiger partial charge on any atom is -0.497 e. The van der Waals surface area contributed by atoms with E-state index in [-0.39, 0.29) is 12.5 Å². The average molecular weight is 475 g/mol. The molecule has 1 aliphatic heterocycles. The number of rotatable bonds is 8. The Bertz CT molecular complexity index is 1170. The third-order valence-corrected chi connectivity index (χ3v) is 6.99. The molecule has 0 saturated carbocycles. The fourth-order valence-electron chi connectivity index (χ4n) is 4.91. The highest BCUT2D eigenvalue weighted by molar-refractivity contribution is 5.83. The van der Waals surface area contributed by atoms with Crippen molar-refractivity contribution in [1.82, 2.24) is 9.88 Å². The standard InChI is InChI=1S/C29H34N2O4/c1-34-24-8-5-21(6-9-24)4-3-16-31-17-14-22(23(19-31)20-32)7-12-29(33)26-13-15-30-28-11-10-25(35-2)18-27(26)28/h5-6,8-11,13,15,18,22-23,29,32-33H,7,12,14,16-17,19-20H2,1-2H3/t22-,23-,29+/m1/s1. The molecule has 0 spiro atoms. The molecule has 1 aliphatic rings. The Morgan fingerprint density at radius 3 is 2.57 bits per heavy atom. The number of hydrogen-bond acceptors (Lipinski definition) is 6. The highest BCUT2D eigenvalue weighted by atomic mass is 16.5. The first kappa shape index (κ1) is 25.0. The predicted octanol–water partition coefficient (Wildman–Crippen LogP) is 4.05. The van der Waals surface area contributed by atoms with Crippen LogP contribution in [0, 0.1) is 23.7 Å². The van der Waals surface area contributed by atoms with Crippen LogP contribution in [0.15, 0.2) is 54.7 Å². The van der Waals surface area contributed by atoms with Crippen LogP contribution in [0.25, 0.3) is 10.9 Å². The maximum Gasteiger partial charge on any atom is 0.119 e. The van der Waals surface area contributed by atoms with Crippen LogP contribution in [0.3, 0.4) is 0 Å². The van der Waals surface area contributed by atoms with Gasteiger partial charge in [0, 0.05) is 30.3 Å². The van der Waals surface area contributed by atoms with Gasteiger partial charge < -0.3 is 19.7 Å². The third-order valence-electron chi connectivity index (χ3n) is 6.99. The van der Waals surface area contributed by atoms with E-state index in [2.05, 4.69) is 21.7 Å². The summed E-state index contributed by atoms with van der Waals surface area (Å²) in [6, 6.07) is 15.4. The van der Waals surface area contributed by atoms with E-state index in [1.54, 1.807) is 20.4 Å². The van der Waals surface area contributed by atoms with Gasteiger partial charge in [-0.2, -0.15) is 0 Å². The normalized spacial score (nSPS) is 19.1. The molecule has 1 saturated heterocycles. The molecule has 2 N–H and O–H groups in total. The van der Waals surface area contributed by atoms with E-state index in [1.165, 1.54) is 0 Å². The van der Waals surface area contributed by atoms with E-state index in [1.807, 2.05) is 48.5 Å². The van der Waals surface area contributed by atoms with E-state index in [4.69, 9.17) is 9.47 Å². The lowest BCUT2D eigenvalue weighted by Crippen LogP contribution is -2.42. The number of aliphatic hydroxyl groups excluding tert-OH is 2. The van der Waals surface area contributed by atoms with Crippen LogP contribution in [-0.4, -0.2) is 60.6 Å². The molecule has 2 aromatic carbocycles. The lowest BCUT2D eigenvalue weighted by molar-refractivity contribution is 0.0640. The Morgan fingerprint density at radius 2 is 1.83 bits per heavy atom. The fraction of sp³-hybridized carbons (Fsp3) is 0.414. The van der Waals surface area contributed by atoms with Crippen molar-refractivity contribution in [3.8, 4) is 23.3 Å². The van der Waals surface area contributed by atoms with Crippen molar-refractivity contribution in [2.24, 2.45) is 11.8 Å². The maximum atomic E-state index is 11.0. The van der Waals surface area contributed by atoms with Crippen molar-refractivity contribution in [1.29, 1.82) is 0 Å². The van der Waals surface area contributed by atoms with Gasteiger partial charge in [0.05, 0.1) is 32.4 Å². The van der Waals surface area contributed by atoms with Gasteiger partial charge in [-0.3, -0.25) is 9.88 Å². The lowest BCUT2D eigenvalue weighted by Gasteiger charge is -2.37. The Labute approximate surface area is 207 Å². The minimum atomic E-state index is -0.583. The van der Waals surface area contributed by atoms with Crippen LogP contribution in [0.4, 0.5) is 0 Å². The number of aliphatic hydroxyl groups is 2. The number of nitrogens with zero attached hydrogens (tertiary/aromatic N) is 2.